The minimum atomic E-state index is 0.141. The van der Waals surface area contributed by atoms with Crippen LogP contribution >= 0.6 is 0 Å². The van der Waals surface area contributed by atoms with Crippen molar-refractivity contribution in [3.63, 3.8) is 0 Å². The Kier molecular flexibility index (Phi) is 5.01. The lowest BCUT2D eigenvalue weighted by Crippen LogP contribution is -2.52. The molecule has 1 aromatic heterocycles. The van der Waals surface area contributed by atoms with Crippen LogP contribution in [0.1, 0.15) is 35.7 Å². The third kappa shape index (κ3) is 3.64. The van der Waals surface area contributed by atoms with E-state index in [0.717, 1.165) is 56.9 Å². The van der Waals surface area contributed by atoms with E-state index in [-0.39, 0.29) is 5.91 Å². The van der Waals surface area contributed by atoms with E-state index >= 15 is 0 Å². The number of nitrogens with zero attached hydrogens (tertiary/aromatic N) is 4. The maximum atomic E-state index is 12.7. The lowest BCUT2D eigenvalue weighted by molar-refractivity contribution is 0.0792. The van der Waals surface area contributed by atoms with Gasteiger partial charge < -0.3 is 14.7 Å². The smallest absolute Gasteiger partial charge is 0.254 e. The van der Waals surface area contributed by atoms with Crippen LogP contribution in [0.5, 0.6) is 0 Å². The molecule has 2 saturated heterocycles. The molecule has 0 radical (unpaired) electrons. The first-order valence-electron chi connectivity index (χ1n) is 9.96. The summed E-state index contributed by atoms with van der Waals surface area (Å²) in [5.41, 5.74) is 3.39. The van der Waals surface area contributed by atoms with Crippen LogP contribution in [0.15, 0.2) is 42.6 Å². The average molecular weight is 364 g/mol. The maximum absolute atomic E-state index is 12.7. The number of carbonyl (C=O) groups excluding carboxylic acids is 1. The Labute approximate surface area is 161 Å². The van der Waals surface area contributed by atoms with Crippen LogP contribution in [0.4, 0.5) is 11.5 Å². The largest absolute Gasteiger partial charge is 0.367 e. The third-order valence-electron chi connectivity index (χ3n) is 5.76. The van der Waals surface area contributed by atoms with Gasteiger partial charge in [0.15, 0.2) is 0 Å². The highest BCUT2D eigenvalue weighted by atomic mass is 16.2. The quantitative estimate of drug-likeness (QED) is 0.837. The number of anilines is 2. The molecule has 5 nitrogen and oxygen atoms in total. The predicted octanol–water partition coefficient (Wildman–Crippen LogP) is 3.34. The lowest BCUT2D eigenvalue weighted by atomic mass is 10.1. The van der Waals surface area contributed by atoms with Gasteiger partial charge in [-0.05, 0) is 50.5 Å². The molecule has 1 amide bonds. The van der Waals surface area contributed by atoms with Gasteiger partial charge in [-0.2, -0.15) is 0 Å². The fourth-order valence-corrected chi connectivity index (χ4v) is 4.25. The summed E-state index contributed by atoms with van der Waals surface area (Å²) in [6.07, 6.45) is 4.00. The van der Waals surface area contributed by atoms with Crippen molar-refractivity contribution in [3.05, 3.63) is 53.7 Å². The van der Waals surface area contributed by atoms with Gasteiger partial charge >= 0.3 is 0 Å². The van der Waals surface area contributed by atoms with Gasteiger partial charge in [0.05, 0.1) is 0 Å². The van der Waals surface area contributed by atoms with Crippen LogP contribution < -0.4 is 9.80 Å². The standard InChI is InChI=1S/C22H28N4O/c1-17-7-3-4-8-20(17)25-13-14-26(18(2)16-25)21-15-19(9-10-23-21)22(27)24-11-5-6-12-24/h3-4,7-10,15,18H,5-6,11-14,16H2,1-2H3. The summed E-state index contributed by atoms with van der Waals surface area (Å²) in [6.45, 7) is 8.98. The second-order valence-electron chi connectivity index (χ2n) is 7.68. The first-order chi connectivity index (χ1) is 13.1. The minimum Gasteiger partial charge on any atom is -0.367 e. The summed E-state index contributed by atoms with van der Waals surface area (Å²) in [5, 5.41) is 0. The number of carbonyl (C=O) groups is 1. The Morgan fingerprint density at radius 3 is 2.59 bits per heavy atom. The van der Waals surface area contributed by atoms with Crippen LogP contribution in [-0.4, -0.2) is 54.6 Å². The fourth-order valence-electron chi connectivity index (χ4n) is 4.25. The van der Waals surface area contributed by atoms with E-state index in [0.29, 0.717) is 6.04 Å². The van der Waals surface area contributed by atoms with Crippen molar-refractivity contribution in [2.24, 2.45) is 0 Å². The molecule has 142 valence electrons. The van der Waals surface area contributed by atoms with Crippen molar-refractivity contribution in [1.82, 2.24) is 9.88 Å². The van der Waals surface area contributed by atoms with Crippen molar-refractivity contribution in [1.29, 1.82) is 0 Å². The molecule has 1 atom stereocenters. The maximum Gasteiger partial charge on any atom is 0.254 e. The van der Waals surface area contributed by atoms with Crippen molar-refractivity contribution < 1.29 is 4.79 Å². The van der Waals surface area contributed by atoms with Crippen LogP contribution in [-0.2, 0) is 0 Å². The zero-order chi connectivity index (χ0) is 18.8. The Morgan fingerprint density at radius 2 is 1.85 bits per heavy atom. The highest BCUT2D eigenvalue weighted by molar-refractivity contribution is 5.95. The molecule has 2 aliphatic rings. The SMILES string of the molecule is Cc1ccccc1N1CCN(c2cc(C(=O)N3CCCC3)ccn2)C(C)C1. The molecule has 27 heavy (non-hydrogen) atoms. The van der Waals surface area contributed by atoms with Crippen molar-refractivity contribution >= 4 is 17.4 Å². The molecule has 0 spiro atoms. The average Bonchev–Trinajstić information content (AvgIpc) is 3.22. The molecule has 1 aromatic carbocycles. The van der Waals surface area contributed by atoms with Crippen molar-refractivity contribution in [2.75, 3.05) is 42.5 Å². The number of para-hydroxylation sites is 1. The van der Waals surface area contributed by atoms with E-state index in [4.69, 9.17) is 0 Å². The first kappa shape index (κ1) is 17.8. The molecule has 5 heteroatoms. The fraction of sp³-hybridized carbons (Fsp3) is 0.455. The minimum absolute atomic E-state index is 0.141. The summed E-state index contributed by atoms with van der Waals surface area (Å²) < 4.78 is 0. The number of pyridine rings is 1. The normalized spacial score (nSPS) is 20.2. The summed E-state index contributed by atoms with van der Waals surface area (Å²) >= 11 is 0. The molecule has 1 unspecified atom stereocenters. The van der Waals surface area contributed by atoms with E-state index in [1.54, 1.807) is 6.20 Å². The molecule has 0 bridgehead atoms. The Balaban J connectivity index is 1.49. The molecule has 2 aromatic rings. The van der Waals surface area contributed by atoms with Crippen molar-refractivity contribution in [3.8, 4) is 0 Å². The first-order valence-corrected chi connectivity index (χ1v) is 9.96. The zero-order valence-corrected chi connectivity index (χ0v) is 16.3. The molecule has 0 aliphatic carbocycles. The molecule has 2 aliphatic heterocycles. The van der Waals surface area contributed by atoms with Crippen LogP contribution in [0.25, 0.3) is 0 Å². The van der Waals surface area contributed by atoms with E-state index < -0.39 is 0 Å². The van der Waals surface area contributed by atoms with Crippen LogP contribution in [0.2, 0.25) is 0 Å². The second-order valence-corrected chi connectivity index (χ2v) is 7.68. The molecular formula is C22H28N4O. The topological polar surface area (TPSA) is 39.7 Å². The number of amides is 1. The number of hydrogen-bond acceptors (Lipinski definition) is 4. The Bertz CT molecular complexity index is 815. The Morgan fingerprint density at radius 1 is 1.07 bits per heavy atom. The number of rotatable bonds is 3. The Hall–Kier alpha value is -2.56. The van der Waals surface area contributed by atoms with E-state index in [2.05, 4.69) is 52.9 Å². The van der Waals surface area contributed by atoms with Crippen LogP contribution in [0.3, 0.4) is 0 Å². The number of piperazine rings is 1. The van der Waals surface area contributed by atoms with E-state index in [1.165, 1.54) is 11.3 Å². The van der Waals surface area contributed by atoms with Crippen LogP contribution in [0, 0.1) is 6.92 Å². The highest BCUT2D eigenvalue weighted by Gasteiger charge is 2.27. The molecule has 4 rings (SSSR count). The highest BCUT2D eigenvalue weighted by Crippen LogP contribution is 2.26. The molecule has 0 N–H and O–H groups in total. The summed E-state index contributed by atoms with van der Waals surface area (Å²) in [7, 11) is 0. The number of likely N-dealkylation sites (tertiary alicyclic amines) is 1. The lowest BCUT2D eigenvalue weighted by Gasteiger charge is -2.42. The van der Waals surface area contributed by atoms with Gasteiger partial charge in [-0.15, -0.1) is 0 Å². The molecular weight excluding hydrogens is 336 g/mol. The van der Waals surface area contributed by atoms with Gasteiger partial charge in [0, 0.05) is 56.2 Å². The van der Waals surface area contributed by atoms with Crippen molar-refractivity contribution in [2.45, 2.75) is 32.7 Å². The summed E-state index contributed by atoms with van der Waals surface area (Å²) in [6, 6.07) is 12.7. The molecule has 3 heterocycles. The number of hydrogen-bond donors (Lipinski definition) is 0. The van der Waals surface area contributed by atoms with Gasteiger partial charge in [-0.3, -0.25) is 4.79 Å². The molecule has 0 saturated carbocycles. The second kappa shape index (κ2) is 7.59. The van der Waals surface area contributed by atoms with Gasteiger partial charge in [-0.1, -0.05) is 18.2 Å². The van der Waals surface area contributed by atoms with Gasteiger partial charge in [0.1, 0.15) is 5.82 Å². The monoisotopic (exact) mass is 364 g/mol. The number of aryl methyl sites for hydroxylation is 1. The van der Waals surface area contributed by atoms with E-state index in [1.807, 2.05) is 17.0 Å². The van der Waals surface area contributed by atoms with E-state index in [9.17, 15) is 4.79 Å². The predicted molar refractivity (Wildman–Crippen MR) is 110 cm³/mol. The summed E-state index contributed by atoms with van der Waals surface area (Å²) in [5.74, 6) is 1.05. The number of aromatic nitrogens is 1. The van der Waals surface area contributed by atoms with Gasteiger partial charge in [0.2, 0.25) is 0 Å². The van der Waals surface area contributed by atoms with Gasteiger partial charge in [-0.25, -0.2) is 4.98 Å². The van der Waals surface area contributed by atoms with Gasteiger partial charge in [0.25, 0.3) is 5.91 Å². The summed E-state index contributed by atoms with van der Waals surface area (Å²) in [4.78, 5) is 24.0. The third-order valence-corrected chi connectivity index (χ3v) is 5.76. The number of benzene rings is 1. The molecule has 2 fully saturated rings. The zero-order valence-electron chi connectivity index (χ0n) is 16.3.